The number of nitriles is 1. The van der Waals surface area contributed by atoms with E-state index in [1.54, 1.807) is 0 Å². The Morgan fingerprint density at radius 2 is 1.72 bits per heavy atom. The standard InChI is InChI=1S/C12H12BrNO.C3H8/c1-12(2,11(15)7-8-14)9-3-5-10(13)6-4-9;1-3-2/h3-6H,7H2,1-2H3;3H2,1-2H3. The second kappa shape index (κ2) is 8.05. The molecule has 0 saturated carbocycles. The van der Waals surface area contributed by atoms with Crippen molar-refractivity contribution in [2.24, 2.45) is 0 Å². The summed E-state index contributed by atoms with van der Waals surface area (Å²) in [6.45, 7) is 7.94. The van der Waals surface area contributed by atoms with E-state index in [0.717, 1.165) is 10.0 Å². The van der Waals surface area contributed by atoms with Gasteiger partial charge in [-0.05, 0) is 31.5 Å². The third-order valence-electron chi connectivity index (χ3n) is 2.50. The lowest BCUT2D eigenvalue weighted by atomic mass is 9.80. The Morgan fingerprint density at radius 1 is 1.28 bits per heavy atom. The van der Waals surface area contributed by atoms with Crippen molar-refractivity contribution in [3.8, 4) is 6.07 Å². The highest BCUT2D eigenvalue weighted by Gasteiger charge is 2.28. The van der Waals surface area contributed by atoms with E-state index < -0.39 is 5.41 Å². The van der Waals surface area contributed by atoms with Crippen molar-refractivity contribution in [1.82, 2.24) is 0 Å². The van der Waals surface area contributed by atoms with Gasteiger partial charge in [0.05, 0.1) is 12.5 Å². The van der Waals surface area contributed by atoms with Crippen molar-refractivity contribution < 1.29 is 4.79 Å². The third kappa shape index (κ3) is 5.01. The van der Waals surface area contributed by atoms with Gasteiger partial charge in [-0.15, -0.1) is 0 Å². The highest BCUT2D eigenvalue weighted by Crippen LogP contribution is 2.26. The van der Waals surface area contributed by atoms with Crippen LogP contribution in [0.25, 0.3) is 0 Å². The fourth-order valence-corrected chi connectivity index (χ4v) is 1.58. The van der Waals surface area contributed by atoms with E-state index in [1.807, 2.05) is 44.2 Å². The van der Waals surface area contributed by atoms with Gasteiger partial charge < -0.3 is 0 Å². The molecule has 0 bridgehead atoms. The Kier molecular flexibility index (Phi) is 7.54. The van der Waals surface area contributed by atoms with E-state index >= 15 is 0 Å². The van der Waals surface area contributed by atoms with Gasteiger partial charge in [-0.3, -0.25) is 4.79 Å². The van der Waals surface area contributed by atoms with Gasteiger partial charge in [-0.25, -0.2) is 0 Å². The van der Waals surface area contributed by atoms with Crippen molar-refractivity contribution in [2.75, 3.05) is 0 Å². The normalized spacial score (nSPS) is 10.0. The predicted molar refractivity (Wildman–Crippen MR) is 78.4 cm³/mol. The zero-order valence-electron chi connectivity index (χ0n) is 11.5. The van der Waals surface area contributed by atoms with Gasteiger partial charge >= 0.3 is 0 Å². The van der Waals surface area contributed by atoms with Crippen LogP contribution in [-0.4, -0.2) is 5.78 Å². The van der Waals surface area contributed by atoms with Crippen LogP contribution >= 0.6 is 15.9 Å². The number of halogens is 1. The second-order valence-corrected chi connectivity index (χ2v) is 5.51. The molecule has 0 saturated heterocycles. The lowest BCUT2D eigenvalue weighted by Gasteiger charge is -2.22. The van der Waals surface area contributed by atoms with Crippen molar-refractivity contribution in [3.63, 3.8) is 0 Å². The van der Waals surface area contributed by atoms with E-state index in [0.29, 0.717) is 0 Å². The molecule has 0 atom stereocenters. The first-order chi connectivity index (χ1) is 8.39. The molecule has 0 fully saturated rings. The molecule has 2 nitrogen and oxygen atoms in total. The summed E-state index contributed by atoms with van der Waals surface area (Å²) in [5, 5.41) is 8.51. The molecule has 0 aliphatic carbocycles. The SMILES string of the molecule is CC(C)(C(=O)CC#N)c1ccc(Br)cc1.CCC. The fourth-order valence-electron chi connectivity index (χ4n) is 1.32. The fraction of sp³-hybridized carbons (Fsp3) is 0.467. The number of hydrogen-bond donors (Lipinski definition) is 0. The maximum atomic E-state index is 11.7. The number of rotatable bonds is 3. The molecule has 98 valence electrons. The first kappa shape index (κ1) is 16.9. The zero-order chi connectivity index (χ0) is 14.2. The molecule has 0 aromatic heterocycles. The highest BCUT2D eigenvalue weighted by molar-refractivity contribution is 9.10. The van der Waals surface area contributed by atoms with Gasteiger partial charge in [0.25, 0.3) is 0 Å². The minimum absolute atomic E-state index is 0.0386. The summed E-state index contributed by atoms with van der Waals surface area (Å²) in [5.74, 6) is -0.0488. The van der Waals surface area contributed by atoms with Crippen LogP contribution in [0, 0.1) is 11.3 Å². The number of hydrogen-bond acceptors (Lipinski definition) is 2. The number of ketones is 1. The number of nitrogens with zero attached hydrogens (tertiary/aromatic N) is 1. The predicted octanol–water partition coefficient (Wildman–Crippen LogP) is 4.63. The van der Waals surface area contributed by atoms with Crippen LogP contribution in [-0.2, 0) is 10.2 Å². The van der Waals surface area contributed by atoms with Crippen molar-refractivity contribution in [2.45, 2.75) is 46.0 Å². The van der Waals surface area contributed by atoms with Gasteiger partial charge in [-0.1, -0.05) is 48.3 Å². The summed E-state index contributed by atoms with van der Waals surface area (Å²) in [7, 11) is 0. The van der Waals surface area contributed by atoms with E-state index in [2.05, 4.69) is 29.8 Å². The van der Waals surface area contributed by atoms with Crippen LogP contribution in [0.3, 0.4) is 0 Å². The molecule has 1 aromatic rings. The van der Waals surface area contributed by atoms with E-state index in [1.165, 1.54) is 6.42 Å². The van der Waals surface area contributed by atoms with E-state index in [-0.39, 0.29) is 12.2 Å². The summed E-state index contributed by atoms with van der Waals surface area (Å²) in [4.78, 5) is 11.7. The monoisotopic (exact) mass is 309 g/mol. The molecule has 0 aliphatic heterocycles. The molecule has 0 heterocycles. The average molecular weight is 310 g/mol. The molecule has 0 spiro atoms. The van der Waals surface area contributed by atoms with Crippen LogP contribution in [0.2, 0.25) is 0 Å². The second-order valence-electron chi connectivity index (χ2n) is 4.60. The maximum absolute atomic E-state index is 11.7. The van der Waals surface area contributed by atoms with Gasteiger partial charge in [0.2, 0.25) is 0 Å². The smallest absolute Gasteiger partial charge is 0.156 e. The van der Waals surface area contributed by atoms with Crippen LogP contribution < -0.4 is 0 Å². The highest BCUT2D eigenvalue weighted by atomic mass is 79.9. The van der Waals surface area contributed by atoms with Crippen molar-refractivity contribution >= 4 is 21.7 Å². The van der Waals surface area contributed by atoms with Gasteiger partial charge in [0.1, 0.15) is 0 Å². The quantitative estimate of drug-likeness (QED) is 0.817. The van der Waals surface area contributed by atoms with Crippen molar-refractivity contribution in [3.05, 3.63) is 34.3 Å². The zero-order valence-corrected chi connectivity index (χ0v) is 13.0. The van der Waals surface area contributed by atoms with Gasteiger partial charge in [-0.2, -0.15) is 5.26 Å². The molecular formula is C15H20BrNO. The third-order valence-corrected chi connectivity index (χ3v) is 3.03. The Bertz CT molecular complexity index is 415. The molecule has 1 aromatic carbocycles. The average Bonchev–Trinajstić information content (AvgIpc) is 2.31. The molecule has 1 rings (SSSR count). The number of carbonyl (C=O) groups excluding carboxylic acids is 1. The minimum Gasteiger partial charge on any atom is -0.298 e. The number of Topliss-reactive ketones (excluding diaryl/α,β-unsaturated/α-hetero) is 1. The van der Waals surface area contributed by atoms with Crippen LogP contribution in [0.5, 0.6) is 0 Å². The molecule has 0 unspecified atom stereocenters. The number of benzene rings is 1. The Labute approximate surface area is 118 Å². The van der Waals surface area contributed by atoms with Crippen LogP contribution in [0.4, 0.5) is 0 Å². The summed E-state index contributed by atoms with van der Waals surface area (Å²) >= 11 is 3.34. The molecule has 0 aliphatic rings. The first-order valence-corrected chi connectivity index (χ1v) is 6.85. The summed E-state index contributed by atoms with van der Waals surface area (Å²) < 4.78 is 0.981. The Balaban J connectivity index is 0.000000873. The Morgan fingerprint density at radius 3 is 2.11 bits per heavy atom. The van der Waals surface area contributed by atoms with Crippen LogP contribution in [0.1, 0.15) is 46.1 Å². The summed E-state index contributed by atoms with van der Waals surface area (Å²) in [6.07, 6.45) is 1.21. The summed E-state index contributed by atoms with van der Waals surface area (Å²) in [5.41, 5.74) is 0.349. The molecule has 0 radical (unpaired) electrons. The first-order valence-electron chi connectivity index (χ1n) is 6.06. The molecule has 3 heteroatoms. The van der Waals surface area contributed by atoms with E-state index in [4.69, 9.17) is 5.26 Å². The minimum atomic E-state index is -0.587. The van der Waals surface area contributed by atoms with E-state index in [9.17, 15) is 4.79 Å². The maximum Gasteiger partial charge on any atom is 0.156 e. The van der Waals surface area contributed by atoms with Gasteiger partial charge in [0.15, 0.2) is 5.78 Å². The molecule has 18 heavy (non-hydrogen) atoms. The molecular weight excluding hydrogens is 290 g/mol. The lowest BCUT2D eigenvalue weighted by molar-refractivity contribution is -0.122. The van der Waals surface area contributed by atoms with Crippen LogP contribution in [0.15, 0.2) is 28.7 Å². The lowest BCUT2D eigenvalue weighted by Crippen LogP contribution is -2.28. The number of carbonyl (C=O) groups is 1. The van der Waals surface area contributed by atoms with Crippen molar-refractivity contribution in [1.29, 1.82) is 5.26 Å². The molecule has 0 N–H and O–H groups in total. The van der Waals surface area contributed by atoms with Gasteiger partial charge in [0, 0.05) is 9.89 Å². The largest absolute Gasteiger partial charge is 0.298 e. The Hall–Kier alpha value is -1.14. The topological polar surface area (TPSA) is 40.9 Å². The summed E-state index contributed by atoms with van der Waals surface area (Å²) in [6, 6.07) is 9.50. The molecule has 0 amide bonds.